The predicted molar refractivity (Wildman–Crippen MR) is 99.1 cm³/mol. The van der Waals surface area contributed by atoms with Crippen molar-refractivity contribution in [3.63, 3.8) is 0 Å². The highest BCUT2D eigenvalue weighted by Gasteiger charge is 2.24. The van der Waals surface area contributed by atoms with Crippen molar-refractivity contribution in [3.8, 4) is 0 Å². The fraction of sp³-hybridized carbons (Fsp3) is 0.278. The lowest BCUT2D eigenvalue weighted by Crippen LogP contribution is -2.35. The number of benzene rings is 2. The molecular formula is C18H21N3O3S. The number of carbonyl (C=O) groups is 1. The summed E-state index contributed by atoms with van der Waals surface area (Å²) in [5, 5.41) is 0. The first-order valence-electron chi connectivity index (χ1n) is 8.27. The van der Waals surface area contributed by atoms with Gasteiger partial charge < -0.3 is 4.90 Å². The Morgan fingerprint density at radius 3 is 2.64 bits per heavy atom. The summed E-state index contributed by atoms with van der Waals surface area (Å²) >= 11 is 0. The van der Waals surface area contributed by atoms with Gasteiger partial charge in [0.05, 0.1) is 5.69 Å². The topological polar surface area (TPSA) is 78.5 Å². The molecule has 132 valence electrons. The molecule has 0 saturated heterocycles. The third-order valence-corrected chi connectivity index (χ3v) is 5.22. The molecule has 0 aromatic heterocycles. The number of nitrogens with zero attached hydrogens (tertiary/aromatic N) is 1. The Morgan fingerprint density at radius 1 is 1.16 bits per heavy atom. The zero-order valence-corrected chi connectivity index (χ0v) is 14.8. The quantitative estimate of drug-likeness (QED) is 0.861. The number of amides is 1. The Labute approximate surface area is 148 Å². The molecule has 1 aliphatic heterocycles. The van der Waals surface area contributed by atoms with Crippen LogP contribution in [0, 0.1) is 0 Å². The van der Waals surface area contributed by atoms with Crippen molar-refractivity contribution < 1.29 is 13.2 Å². The smallest absolute Gasteiger partial charge is 0.299 e. The molecule has 6 nitrogen and oxygen atoms in total. The number of hydrogen-bond acceptors (Lipinski definition) is 3. The van der Waals surface area contributed by atoms with Crippen LogP contribution in [0.3, 0.4) is 0 Å². The van der Waals surface area contributed by atoms with Crippen LogP contribution < -0.4 is 14.3 Å². The van der Waals surface area contributed by atoms with Gasteiger partial charge in [-0.2, -0.15) is 13.1 Å². The van der Waals surface area contributed by atoms with E-state index in [4.69, 9.17) is 0 Å². The van der Waals surface area contributed by atoms with E-state index in [1.54, 1.807) is 42.2 Å². The number of fused-ring (bicyclic) bond motifs is 1. The molecule has 2 aromatic rings. The molecule has 3 rings (SSSR count). The zero-order chi connectivity index (χ0) is 17.9. The van der Waals surface area contributed by atoms with Crippen molar-refractivity contribution in [2.45, 2.75) is 19.8 Å². The van der Waals surface area contributed by atoms with Gasteiger partial charge in [0, 0.05) is 24.3 Å². The van der Waals surface area contributed by atoms with Gasteiger partial charge in [-0.05, 0) is 48.7 Å². The van der Waals surface area contributed by atoms with E-state index in [0.717, 1.165) is 24.1 Å². The van der Waals surface area contributed by atoms with Crippen LogP contribution in [0.2, 0.25) is 0 Å². The molecule has 1 aliphatic rings. The van der Waals surface area contributed by atoms with E-state index in [9.17, 15) is 13.2 Å². The summed E-state index contributed by atoms with van der Waals surface area (Å²) in [6.07, 6.45) is 1.65. The average molecular weight is 359 g/mol. The van der Waals surface area contributed by atoms with E-state index in [0.29, 0.717) is 24.3 Å². The Morgan fingerprint density at radius 2 is 1.92 bits per heavy atom. The Kier molecular flexibility index (Phi) is 5.06. The van der Waals surface area contributed by atoms with E-state index < -0.39 is 10.2 Å². The van der Waals surface area contributed by atoms with Crippen LogP contribution in [-0.2, 0) is 16.6 Å². The minimum Gasteiger partial charge on any atom is -0.308 e. The lowest BCUT2D eigenvalue weighted by atomic mass is 10.00. The highest BCUT2D eigenvalue weighted by atomic mass is 32.2. The minimum absolute atomic E-state index is 0.0393. The molecule has 1 amide bonds. The highest BCUT2D eigenvalue weighted by molar-refractivity contribution is 7.90. The summed E-state index contributed by atoms with van der Waals surface area (Å²) in [6.45, 7) is 2.70. The number of rotatable bonds is 5. The summed E-state index contributed by atoms with van der Waals surface area (Å²) in [5.74, 6) is -0.0393. The van der Waals surface area contributed by atoms with Gasteiger partial charge >= 0.3 is 0 Å². The van der Waals surface area contributed by atoms with E-state index in [1.165, 1.54) is 0 Å². The molecule has 1 heterocycles. The first kappa shape index (κ1) is 17.4. The lowest BCUT2D eigenvalue weighted by Gasteiger charge is -2.30. The van der Waals surface area contributed by atoms with Gasteiger partial charge in [-0.25, -0.2) is 0 Å². The molecule has 2 aromatic carbocycles. The summed E-state index contributed by atoms with van der Waals surface area (Å²) in [5.41, 5.74) is 2.94. The maximum Gasteiger partial charge on any atom is 0.299 e. The second-order valence-corrected chi connectivity index (χ2v) is 7.37. The van der Waals surface area contributed by atoms with Crippen molar-refractivity contribution in [2.75, 3.05) is 22.7 Å². The number of hydrogen-bond donors (Lipinski definition) is 2. The predicted octanol–water partition coefficient (Wildman–Crippen LogP) is 2.55. The normalized spacial score (nSPS) is 14.0. The van der Waals surface area contributed by atoms with Crippen LogP contribution >= 0.6 is 0 Å². The molecule has 0 aliphatic carbocycles. The van der Waals surface area contributed by atoms with Gasteiger partial charge in [-0.15, -0.1) is 0 Å². The van der Waals surface area contributed by atoms with Gasteiger partial charge in [0.2, 0.25) is 0 Å². The standard InChI is InChI=1S/C18H21N3O3S/c1-2-19-25(23,24)20-16-10-11-17-15(13-16)9-6-12-21(17)18(22)14-7-4-3-5-8-14/h3-5,7-8,10-11,13,19-20H,2,6,9,12H2,1H3. The van der Waals surface area contributed by atoms with Crippen LogP contribution in [0.15, 0.2) is 48.5 Å². The van der Waals surface area contributed by atoms with Gasteiger partial charge in [0.1, 0.15) is 0 Å². The largest absolute Gasteiger partial charge is 0.308 e. The van der Waals surface area contributed by atoms with Gasteiger partial charge in [0.15, 0.2) is 0 Å². The summed E-state index contributed by atoms with van der Waals surface area (Å²) in [7, 11) is -3.56. The third-order valence-electron chi connectivity index (χ3n) is 4.05. The lowest BCUT2D eigenvalue weighted by molar-refractivity contribution is 0.0985. The molecular weight excluding hydrogens is 338 g/mol. The van der Waals surface area contributed by atoms with Crippen molar-refractivity contribution in [1.29, 1.82) is 0 Å². The summed E-state index contributed by atoms with van der Waals surface area (Å²) in [4.78, 5) is 14.5. The van der Waals surface area contributed by atoms with Crippen LogP contribution in [-0.4, -0.2) is 27.4 Å². The zero-order valence-electron chi connectivity index (χ0n) is 14.0. The van der Waals surface area contributed by atoms with Gasteiger partial charge in [-0.3, -0.25) is 9.52 Å². The monoisotopic (exact) mass is 359 g/mol. The SMILES string of the molecule is CCNS(=O)(=O)Nc1ccc2c(c1)CCCN2C(=O)c1ccccc1. The molecule has 25 heavy (non-hydrogen) atoms. The third kappa shape index (κ3) is 4.00. The fourth-order valence-electron chi connectivity index (χ4n) is 2.99. The number of nitrogens with one attached hydrogen (secondary N) is 2. The molecule has 0 spiro atoms. The Balaban J connectivity index is 1.87. The number of anilines is 2. The van der Waals surface area contributed by atoms with Crippen molar-refractivity contribution >= 4 is 27.5 Å². The Hall–Kier alpha value is -2.38. The molecule has 2 N–H and O–H groups in total. The van der Waals surface area contributed by atoms with Crippen LogP contribution in [0.5, 0.6) is 0 Å². The van der Waals surface area contributed by atoms with Crippen molar-refractivity contribution in [3.05, 3.63) is 59.7 Å². The molecule has 0 atom stereocenters. The van der Waals surface area contributed by atoms with Gasteiger partial charge in [0.25, 0.3) is 16.1 Å². The fourth-order valence-corrected chi connectivity index (χ4v) is 3.88. The van der Waals surface area contributed by atoms with Crippen LogP contribution in [0.1, 0.15) is 29.3 Å². The molecule has 0 unspecified atom stereocenters. The second kappa shape index (κ2) is 7.25. The van der Waals surface area contributed by atoms with E-state index in [2.05, 4.69) is 9.44 Å². The van der Waals surface area contributed by atoms with Crippen molar-refractivity contribution in [2.24, 2.45) is 0 Å². The summed E-state index contributed by atoms with van der Waals surface area (Å²) in [6, 6.07) is 14.5. The first-order chi connectivity index (χ1) is 12.0. The van der Waals surface area contributed by atoms with E-state index in [1.807, 2.05) is 18.2 Å². The average Bonchev–Trinajstić information content (AvgIpc) is 2.60. The number of carbonyl (C=O) groups excluding carboxylic acids is 1. The van der Waals surface area contributed by atoms with E-state index in [-0.39, 0.29) is 5.91 Å². The van der Waals surface area contributed by atoms with E-state index >= 15 is 0 Å². The minimum atomic E-state index is -3.56. The molecule has 0 saturated carbocycles. The highest BCUT2D eigenvalue weighted by Crippen LogP contribution is 2.31. The molecule has 0 bridgehead atoms. The van der Waals surface area contributed by atoms with Crippen molar-refractivity contribution in [1.82, 2.24) is 4.72 Å². The molecule has 0 fully saturated rings. The number of aryl methyl sites for hydroxylation is 1. The Bertz CT molecular complexity index is 866. The molecule has 7 heteroatoms. The van der Waals surface area contributed by atoms with Crippen LogP contribution in [0.25, 0.3) is 0 Å². The molecule has 0 radical (unpaired) electrons. The first-order valence-corrected chi connectivity index (χ1v) is 9.76. The maximum absolute atomic E-state index is 12.8. The second-order valence-electron chi connectivity index (χ2n) is 5.87. The van der Waals surface area contributed by atoms with Gasteiger partial charge in [-0.1, -0.05) is 25.1 Å². The maximum atomic E-state index is 12.8. The van der Waals surface area contributed by atoms with Crippen LogP contribution in [0.4, 0.5) is 11.4 Å². The summed E-state index contributed by atoms with van der Waals surface area (Å²) < 4.78 is 28.6.